The largest absolute Gasteiger partial charge is 0.365 e. The molecule has 0 aliphatic heterocycles. The summed E-state index contributed by atoms with van der Waals surface area (Å²) in [4.78, 5) is 14.6. The molecular formula is C12H19N3O. The Bertz CT molecular complexity index is 395. The fourth-order valence-corrected chi connectivity index (χ4v) is 1.62. The van der Waals surface area contributed by atoms with Crippen LogP contribution < -0.4 is 16.1 Å². The van der Waals surface area contributed by atoms with Crippen LogP contribution in [0.1, 0.15) is 24.1 Å². The van der Waals surface area contributed by atoms with Gasteiger partial charge in [-0.3, -0.25) is 4.79 Å². The van der Waals surface area contributed by atoms with E-state index in [1.54, 1.807) is 12.3 Å². The summed E-state index contributed by atoms with van der Waals surface area (Å²) in [5, 5.41) is 6.68. The van der Waals surface area contributed by atoms with Crippen molar-refractivity contribution in [2.24, 2.45) is 0 Å². The van der Waals surface area contributed by atoms with Gasteiger partial charge in [-0.2, -0.15) is 0 Å². The second kappa shape index (κ2) is 5.27. The normalized spacial score (nSPS) is 15.3. The Morgan fingerprint density at radius 1 is 1.44 bits per heavy atom. The van der Waals surface area contributed by atoms with Gasteiger partial charge in [0.25, 0.3) is 0 Å². The van der Waals surface area contributed by atoms with Crippen molar-refractivity contribution in [1.82, 2.24) is 15.6 Å². The van der Waals surface area contributed by atoms with Crippen molar-refractivity contribution < 1.29 is 0 Å². The molecule has 1 aliphatic rings. The molecule has 16 heavy (non-hydrogen) atoms. The van der Waals surface area contributed by atoms with Crippen LogP contribution in [0.15, 0.2) is 17.1 Å². The molecule has 0 bridgehead atoms. The number of aryl methyl sites for hydroxylation is 1. The van der Waals surface area contributed by atoms with Gasteiger partial charge in [-0.1, -0.05) is 0 Å². The molecular weight excluding hydrogens is 202 g/mol. The Morgan fingerprint density at radius 2 is 2.25 bits per heavy atom. The van der Waals surface area contributed by atoms with E-state index in [2.05, 4.69) is 15.6 Å². The maximum Gasteiger partial charge on any atom is 0.186 e. The fraction of sp³-hybridized carbons (Fsp3) is 0.583. The van der Waals surface area contributed by atoms with E-state index in [0.29, 0.717) is 6.54 Å². The molecule has 3 N–H and O–H groups in total. The molecule has 0 amide bonds. The van der Waals surface area contributed by atoms with Crippen molar-refractivity contribution in [3.63, 3.8) is 0 Å². The lowest BCUT2D eigenvalue weighted by molar-refractivity contribution is 0.607. The quantitative estimate of drug-likeness (QED) is 0.614. The molecule has 1 aromatic rings. The van der Waals surface area contributed by atoms with Gasteiger partial charge in [0.15, 0.2) is 5.43 Å². The second-order valence-corrected chi connectivity index (χ2v) is 4.41. The lowest BCUT2D eigenvalue weighted by Gasteiger charge is -2.05. The molecule has 2 rings (SSSR count). The van der Waals surface area contributed by atoms with Crippen LogP contribution in [0, 0.1) is 6.92 Å². The monoisotopic (exact) mass is 221 g/mol. The summed E-state index contributed by atoms with van der Waals surface area (Å²) in [7, 11) is 0. The maximum absolute atomic E-state index is 11.5. The van der Waals surface area contributed by atoms with Crippen LogP contribution in [0.3, 0.4) is 0 Å². The molecule has 0 unspecified atom stereocenters. The average molecular weight is 221 g/mol. The van der Waals surface area contributed by atoms with Crippen LogP contribution in [-0.2, 0) is 6.54 Å². The summed E-state index contributed by atoms with van der Waals surface area (Å²) in [6, 6.07) is 2.39. The van der Waals surface area contributed by atoms with Gasteiger partial charge in [-0.25, -0.2) is 0 Å². The highest BCUT2D eigenvalue weighted by atomic mass is 16.1. The number of nitrogens with one attached hydrogen (secondary N) is 3. The number of hydrogen-bond acceptors (Lipinski definition) is 3. The van der Waals surface area contributed by atoms with Gasteiger partial charge in [0.05, 0.1) is 0 Å². The highest BCUT2D eigenvalue weighted by molar-refractivity contribution is 5.13. The Kier molecular flexibility index (Phi) is 3.74. The average Bonchev–Trinajstić information content (AvgIpc) is 3.04. The Hall–Kier alpha value is -1.13. The number of aromatic amines is 1. The molecule has 0 aromatic carbocycles. The van der Waals surface area contributed by atoms with Crippen molar-refractivity contribution in [3.05, 3.63) is 33.7 Å². The number of H-pyrrole nitrogens is 1. The van der Waals surface area contributed by atoms with E-state index in [4.69, 9.17) is 0 Å². The van der Waals surface area contributed by atoms with Gasteiger partial charge in [0, 0.05) is 49.2 Å². The smallest absolute Gasteiger partial charge is 0.186 e. The van der Waals surface area contributed by atoms with E-state index in [0.717, 1.165) is 30.4 Å². The fourth-order valence-electron chi connectivity index (χ4n) is 1.62. The number of rotatable bonds is 6. The first-order valence-corrected chi connectivity index (χ1v) is 5.88. The summed E-state index contributed by atoms with van der Waals surface area (Å²) in [6.07, 6.45) is 4.42. The molecule has 0 spiro atoms. The second-order valence-electron chi connectivity index (χ2n) is 4.41. The molecule has 0 radical (unpaired) electrons. The molecule has 1 saturated carbocycles. The first-order valence-electron chi connectivity index (χ1n) is 5.88. The van der Waals surface area contributed by atoms with E-state index in [9.17, 15) is 4.79 Å². The number of hydrogen-bond donors (Lipinski definition) is 3. The highest BCUT2D eigenvalue weighted by Gasteiger charge is 2.19. The highest BCUT2D eigenvalue weighted by Crippen LogP contribution is 2.17. The molecule has 4 nitrogen and oxygen atoms in total. The number of aromatic nitrogens is 1. The van der Waals surface area contributed by atoms with Crippen LogP contribution in [0.2, 0.25) is 0 Å². The molecule has 0 saturated heterocycles. The third-order valence-corrected chi connectivity index (χ3v) is 2.77. The summed E-state index contributed by atoms with van der Waals surface area (Å²) in [5.74, 6) is 0. The van der Waals surface area contributed by atoms with Crippen molar-refractivity contribution >= 4 is 0 Å². The van der Waals surface area contributed by atoms with Gasteiger partial charge in [-0.15, -0.1) is 0 Å². The van der Waals surface area contributed by atoms with Gasteiger partial charge < -0.3 is 15.6 Å². The van der Waals surface area contributed by atoms with Gasteiger partial charge in [0.1, 0.15) is 0 Å². The van der Waals surface area contributed by atoms with Crippen LogP contribution in [0.25, 0.3) is 0 Å². The summed E-state index contributed by atoms with van der Waals surface area (Å²) in [6.45, 7) is 4.42. The molecule has 4 heteroatoms. The lowest BCUT2D eigenvalue weighted by Crippen LogP contribution is -2.29. The lowest BCUT2D eigenvalue weighted by atomic mass is 10.2. The van der Waals surface area contributed by atoms with Crippen molar-refractivity contribution in [2.75, 3.05) is 13.1 Å². The van der Waals surface area contributed by atoms with Crippen LogP contribution >= 0.6 is 0 Å². The third kappa shape index (κ3) is 3.47. The van der Waals surface area contributed by atoms with Crippen LogP contribution in [-0.4, -0.2) is 24.1 Å². The maximum atomic E-state index is 11.5. The minimum absolute atomic E-state index is 0.110. The first kappa shape index (κ1) is 11.4. The predicted octanol–water partition coefficient (Wildman–Crippen LogP) is 0.525. The minimum atomic E-state index is 0.110. The molecule has 88 valence electrons. The third-order valence-electron chi connectivity index (χ3n) is 2.77. The van der Waals surface area contributed by atoms with E-state index in [1.807, 2.05) is 6.92 Å². The summed E-state index contributed by atoms with van der Waals surface area (Å²) in [5.41, 5.74) is 1.82. The van der Waals surface area contributed by atoms with E-state index in [-0.39, 0.29) is 5.43 Å². The Balaban J connectivity index is 1.69. The standard InChI is InChI=1S/C12H19N3O/c1-9-6-12(16)10(8-15-9)7-13-4-5-14-11-2-3-11/h6,8,11,13-14H,2-5,7H2,1H3,(H,15,16). The van der Waals surface area contributed by atoms with Gasteiger partial charge >= 0.3 is 0 Å². The molecule has 0 atom stereocenters. The topological polar surface area (TPSA) is 56.9 Å². The van der Waals surface area contributed by atoms with Crippen LogP contribution in [0.4, 0.5) is 0 Å². The molecule has 1 aromatic heterocycles. The Morgan fingerprint density at radius 3 is 2.94 bits per heavy atom. The predicted molar refractivity (Wildman–Crippen MR) is 64.5 cm³/mol. The molecule has 1 aliphatic carbocycles. The number of pyridine rings is 1. The van der Waals surface area contributed by atoms with Crippen molar-refractivity contribution in [2.45, 2.75) is 32.4 Å². The van der Waals surface area contributed by atoms with Crippen LogP contribution in [0.5, 0.6) is 0 Å². The molecule has 1 heterocycles. The van der Waals surface area contributed by atoms with E-state index in [1.165, 1.54) is 12.8 Å². The summed E-state index contributed by atoms with van der Waals surface area (Å²) >= 11 is 0. The van der Waals surface area contributed by atoms with Crippen molar-refractivity contribution in [1.29, 1.82) is 0 Å². The van der Waals surface area contributed by atoms with E-state index >= 15 is 0 Å². The van der Waals surface area contributed by atoms with Gasteiger partial charge in [0.2, 0.25) is 0 Å². The first-order chi connectivity index (χ1) is 7.75. The Labute approximate surface area is 95.5 Å². The van der Waals surface area contributed by atoms with Gasteiger partial charge in [-0.05, 0) is 19.8 Å². The SMILES string of the molecule is Cc1cc(=O)c(CNCCNC2CC2)c[nH]1. The summed E-state index contributed by atoms with van der Waals surface area (Å²) < 4.78 is 0. The zero-order chi connectivity index (χ0) is 11.4. The zero-order valence-corrected chi connectivity index (χ0v) is 9.68. The minimum Gasteiger partial charge on any atom is -0.365 e. The zero-order valence-electron chi connectivity index (χ0n) is 9.68. The molecule has 1 fully saturated rings. The van der Waals surface area contributed by atoms with Crippen molar-refractivity contribution in [3.8, 4) is 0 Å². The van der Waals surface area contributed by atoms with E-state index < -0.39 is 0 Å².